The molecule has 2 rings (SSSR count). The Kier molecular flexibility index (Phi) is 6.96. The lowest BCUT2D eigenvalue weighted by atomic mass is 10.0. The van der Waals surface area contributed by atoms with Gasteiger partial charge in [0.15, 0.2) is 11.6 Å². The lowest BCUT2D eigenvalue weighted by molar-refractivity contribution is -0.117. The molecule has 0 radical (unpaired) electrons. The van der Waals surface area contributed by atoms with Gasteiger partial charge in [0.2, 0.25) is 0 Å². The highest BCUT2D eigenvalue weighted by Crippen LogP contribution is 2.15. The van der Waals surface area contributed by atoms with Gasteiger partial charge in [0.05, 0.1) is 26.1 Å². The fourth-order valence-corrected chi connectivity index (χ4v) is 2.24. The van der Waals surface area contributed by atoms with E-state index in [-0.39, 0.29) is 11.4 Å². The van der Waals surface area contributed by atoms with Gasteiger partial charge < -0.3 is 9.47 Å². The predicted molar refractivity (Wildman–Crippen MR) is 93.7 cm³/mol. The van der Waals surface area contributed by atoms with Crippen LogP contribution in [0.4, 0.5) is 0 Å². The van der Waals surface area contributed by atoms with Gasteiger partial charge in [-0.2, -0.15) is 0 Å². The van der Waals surface area contributed by atoms with Crippen LogP contribution in [0, 0.1) is 0 Å². The molecule has 0 saturated carbocycles. The van der Waals surface area contributed by atoms with Crippen molar-refractivity contribution in [1.82, 2.24) is 9.97 Å². The zero-order valence-electron chi connectivity index (χ0n) is 14.7. The summed E-state index contributed by atoms with van der Waals surface area (Å²) in [6, 6.07) is 6.22. The van der Waals surface area contributed by atoms with E-state index in [1.54, 1.807) is 12.1 Å². The first kappa shape index (κ1) is 19.2. The molecule has 0 unspecified atom stereocenters. The van der Waals surface area contributed by atoms with Crippen LogP contribution in [0.3, 0.4) is 0 Å². The van der Waals surface area contributed by atoms with Crippen molar-refractivity contribution in [1.29, 1.82) is 0 Å². The number of ketones is 3. The minimum Gasteiger partial charge on any atom is -0.494 e. The van der Waals surface area contributed by atoms with Crippen LogP contribution in [0.5, 0.6) is 11.5 Å². The Labute approximate surface area is 151 Å². The zero-order valence-corrected chi connectivity index (χ0v) is 14.7. The van der Waals surface area contributed by atoms with Gasteiger partial charge >= 0.3 is 0 Å². The van der Waals surface area contributed by atoms with Crippen LogP contribution in [-0.4, -0.2) is 40.5 Å². The molecule has 0 N–H and O–H groups in total. The summed E-state index contributed by atoms with van der Waals surface area (Å²) in [6.07, 6.45) is 2.08. The second-order valence-electron chi connectivity index (χ2n) is 5.36. The molecule has 7 nitrogen and oxygen atoms in total. The van der Waals surface area contributed by atoms with Gasteiger partial charge in [0, 0.05) is 24.5 Å². The van der Waals surface area contributed by atoms with Crippen LogP contribution >= 0.6 is 0 Å². The number of carbonyl (C=O) groups is 3. The second-order valence-corrected chi connectivity index (χ2v) is 5.36. The lowest BCUT2D eigenvalue weighted by Gasteiger charge is -2.05. The molecule has 2 aromatic rings. The summed E-state index contributed by atoms with van der Waals surface area (Å²) in [5.41, 5.74) is 0.265. The summed E-state index contributed by atoms with van der Waals surface area (Å²) in [7, 11) is 0. The van der Waals surface area contributed by atoms with Crippen LogP contribution in [0.25, 0.3) is 0 Å². The lowest BCUT2D eigenvalue weighted by Crippen LogP contribution is -2.14. The minimum absolute atomic E-state index is 0.133. The van der Waals surface area contributed by atoms with Crippen LogP contribution < -0.4 is 9.47 Å². The molecule has 2 aromatic heterocycles. The number of rotatable bonds is 10. The molecule has 0 aromatic carbocycles. The maximum atomic E-state index is 12.2. The van der Waals surface area contributed by atoms with Crippen molar-refractivity contribution in [3.05, 3.63) is 48.0 Å². The topological polar surface area (TPSA) is 95.5 Å². The summed E-state index contributed by atoms with van der Waals surface area (Å²) in [5.74, 6) is -0.398. The fraction of sp³-hybridized carbons (Fsp3) is 0.316. The molecule has 0 aliphatic carbocycles. The molecule has 0 saturated heterocycles. The summed E-state index contributed by atoms with van der Waals surface area (Å²) in [6.45, 7) is 4.56. The Morgan fingerprint density at radius 2 is 1.23 bits per heavy atom. The van der Waals surface area contributed by atoms with Crippen molar-refractivity contribution in [3.63, 3.8) is 0 Å². The molecule has 0 aliphatic heterocycles. The largest absolute Gasteiger partial charge is 0.494 e. The number of pyridine rings is 2. The number of ether oxygens (including phenoxy) is 2. The minimum atomic E-state index is -0.493. The molecule has 0 bridgehead atoms. The molecule has 136 valence electrons. The van der Waals surface area contributed by atoms with Gasteiger partial charge in [0.1, 0.15) is 28.7 Å². The standard InChI is InChI=1S/C19H20N2O5/c1-3-25-14-5-7-20-16(11-14)18(23)9-13(22)10-19(24)17-12-15(26-4-2)6-8-21-17/h5-8,11-12H,3-4,9-10H2,1-2H3. The monoisotopic (exact) mass is 356 g/mol. The molecule has 2 heterocycles. The first-order chi connectivity index (χ1) is 12.5. The van der Waals surface area contributed by atoms with Crippen LogP contribution in [0.15, 0.2) is 36.7 Å². The number of nitrogens with zero attached hydrogens (tertiary/aromatic N) is 2. The third-order valence-electron chi connectivity index (χ3n) is 3.37. The summed E-state index contributed by atoms with van der Waals surface area (Å²) >= 11 is 0. The number of carbonyl (C=O) groups excluding carboxylic acids is 3. The maximum absolute atomic E-state index is 12.2. The summed E-state index contributed by atoms with van der Waals surface area (Å²) in [5, 5.41) is 0. The molecular weight excluding hydrogens is 336 g/mol. The Morgan fingerprint density at radius 3 is 1.62 bits per heavy atom. The van der Waals surface area contributed by atoms with Crippen molar-refractivity contribution in [2.24, 2.45) is 0 Å². The van der Waals surface area contributed by atoms with Crippen LogP contribution in [-0.2, 0) is 4.79 Å². The van der Waals surface area contributed by atoms with Gasteiger partial charge in [0.25, 0.3) is 0 Å². The normalized spacial score (nSPS) is 10.2. The SMILES string of the molecule is CCOc1ccnc(C(=O)CC(=O)CC(=O)c2cc(OCC)ccn2)c1. The van der Waals surface area contributed by atoms with Gasteiger partial charge in [-0.15, -0.1) is 0 Å². The van der Waals surface area contributed by atoms with E-state index >= 15 is 0 Å². The number of Topliss-reactive ketones (excluding diaryl/α,β-unsaturated/α-hetero) is 3. The van der Waals surface area contributed by atoms with Crippen LogP contribution in [0.2, 0.25) is 0 Å². The first-order valence-corrected chi connectivity index (χ1v) is 8.29. The Bertz CT molecular complexity index is 739. The maximum Gasteiger partial charge on any atom is 0.188 e. The molecular formula is C19H20N2O5. The second kappa shape index (κ2) is 9.41. The predicted octanol–water partition coefficient (Wildman–Crippen LogP) is 2.69. The molecule has 0 fully saturated rings. The molecule has 0 amide bonds. The molecule has 0 aliphatic rings. The van der Waals surface area contributed by atoms with E-state index < -0.39 is 30.2 Å². The van der Waals surface area contributed by atoms with Gasteiger partial charge in [-0.3, -0.25) is 24.4 Å². The average molecular weight is 356 g/mol. The Balaban J connectivity index is 1.97. The van der Waals surface area contributed by atoms with E-state index in [4.69, 9.17) is 9.47 Å². The van der Waals surface area contributed by atoms with E-state index in [9.17, 15) is 14.4 Å². The van der Waals surface area contributed by atoms with Crippen molar-refractivity contribution in [2.45, 2.75) is 26.7 Å². The first-order valence-electron chi connectivity index (χ1n) is 8.29. The number of hydrogen-bond acceptors (Lipinski definition) is 7. The quantitative estimate of drug-likeness (QED) is 0.477. The Hall–Kier alpha value is -3.09. The number of aromatic nitrogens is 2. The smallest absolute Gasteiger partial charge is 0.188 e. The van der Waals surface area contributed by atoms with E-state index in [1.807, 2.05) is 13.8 Å². The van der Waals surface area contributed by atoms with Crippen molar-refractivity contribution in [3.8, 4) is 11.5 Å². The highest BCUT2D eigenvalue weighted by Gasteiger charge is 2.18. The zero-order chi connectivity index (χ0) is 18.9. The molecule has 7 heteroatoms. The van der Waals surface area contributed by atoms with E-state index in [1.165, 1.54) is 24.5 Å². The third-order valence-corrected chi connectivity index (χ3v) is 3.37. The Morgan fingerprint density at radius 1 is 0.808 bits per heavy atom. The highest BCUT2D eigenvalue weighted by molar-refractivity contribution is 6.14. The van der Waals surface area contributed by atoms with E-state index in [0.717, 1.165) is 0 Å². The van der Waals surface area contributed by atoms with Crippen molar-refractivity contribution < 1.29 is 23.9 Å². The molecule has 26 heavy (non-hydrogen) atoms. The molecule has 0 spiro atoms. The van der Waals surface area contributed by atoms with E-state index in [2.05, 4.69) is 9.97 Å². The van der Waals surface area contributed by atoms with E-state index in [0.29, 0.717) is 24.7 Å². The number of hydrogen-bond donors (Lipinski definition) is 0. The fourth-order valence-electron chi connectivity index (χ4n) is 2.24. The van der Waals surface area contributed by atoms with Crippen LogP contribution in [0.1, 0.15) is 47.7 Å². The summed E-state index contributed by atoms with van der Waals surface area (Å²) < 4.78 is 10.6. The average Bonchev–Trinajstić information content (AvgIpc) is 2.62. The van der Waals surface area contributed by atoms with Gasteiger partial charge in [-0.05, 0) is 26.0 Å². The van der Waals surface area contributed by atoms with Gasteiger partial charge in [-0.1, -0.05) is 0 Å². The van der Waals surface area contributed by atoms with Crippen molar-refractivity contribution >= 4 is 17.3 Å². The van der Waals surface area contributed by atoms with Gasteiger partial charge in [-0.25, -0.2) is 0 Å². The molecule has 0 atom stereocenters. The third kappa shape index (κ3) is 5.47. The highest BCUT2D eigenvalue weighted by atomic mass is 16.5. The van der Waals surface area contributed by atoms with Crippen molar-refractivity contribution in [2.75, 3.05) is 13.2 Å². The summed E-state index contributed by atoms with van der Waals surface area (Å²) in [4.78, 5) is 44.3.